The van der Waals surface area contributed by atoms with Gasteiger partial charge in [-0.15, -0.1) is 18.3 Å². The van der Waals surface area contributed by atoms with E-state index < -0.39 is 17.9 Å². The molecule has 5 heteroatoms. The minimum atomic E-state index is -0.941. The fourth-order valence-electron chi connectivity index (χ4n) is 2.16. The van der Waals surface area contributed by atoms with Crippen molar-refractivity contribution < 1.29 is 19.1 Å². The Balaban J connectivity index is 2.69. The van der Waals surface area contributed by atoms with E-state index in [1.165, 1.54) is 0 Å². The van der Waals surface area contributed by atoms with Crippen LogP contribution in [0, 0.1) is 11.8 Å². The molecule has 0 N–H and O–H groups in total. The molecule has 0 bridgehead atoms. The molecule has 0 aliphatic carbocycles. The Morgan fingerprint density at radius 3 is 2.17 bits per heavy atom. The number of benzene rings is 1. The molecule has 126 valence electrons. The second kappa shape index (κ2) is 10.9. The largest absolute Gasteiger partial charge is 0.465 e. The number of ether oxygens (including phenoxy) is 2. The van der Waals surface area contributed by atoms with E-state index >= 15 is 0 Å². The van der Waals surface area contributed by atoms with Crippen LogP contribution in [0.2, 0.25) is 0 Å². The molecule has 1 aromatic carbocycles. The number of carbonyl (C=O) groups is 2. The lowest BCUT2D eigenvalue weighted by Gasteiger charge is -2.21. The van der Waals surface area contributed by atoms with Gasteiger partial charge in [-0.2, -0.15) is 0 Å². The molecule has 0 spiro atoms. The van der Waals surface area contributed by atoms with Gasteiger partial charge in [0.15, 0.2) is 5.92 Å². The van der Waals surface area contributed by atoms with Crippen molar-refractivity contribution in [1.29, 1.82) is 0 Å². The molecular weight excluding hydrogens is 312 g/mol. The third kappa shape index (κ3) is 6.48. The molecule has 4 nitrogen and oxygen atoms in total. The van der Waals surface area contributed by atoms with Crippen LogP contribution in [0.3, 0.4) is 0 Å². The van der Waals surface area contributed by atoms with Gasteiger partial charge < -0.3 is 9.47 Å². The van der Waals surface area contributed by atoms with Gasteiger partial charge in [0.2, 0.25) is 0 Å². The van der Waals surface area contributed by atoms with Crippen molar-refractivity contribution in [1.82, 2.24) is 0 Å². The van der Waals surface area contributed by atoms with Crippen LogP contribution in [-0.2, 0) is 19.1 Å². The Hall–Kier alpha value is -1.75. The third-order valence-electron chi connectivity index (χ3n) is 3.28. The van der Waals surface area contributed by atoms with Gasteiger partial charge in [0, 0.05) is 10.8 Å². The normalized spacial score (nSPS) is 11.8. The van der Waals surface area contributed by atoms with Gasteiger partial charge >= 0.3 is 11.9 Å². The van der Waals surface area contributed by atoms with Crippen molar-refractivity contribution in [3.63, 3.8) is 0 Å². The van der Waals surface area contributed by atoms with Crippen LogP contribution in [0.4, 0.5) is 0 Å². The first-order valence-corrected chi connectivity index (χ1v) is 8.76. The van der Waals surface area contributed by atoms with Crippen LogP contribution in [0.15, 0.2) is 47.9 Å². The summed E-state index contributed by atoms with van der Waals surface area (Å²) in [6.45, 7) is 7.67. The van der Waals surface area contributed by atoms with Crippen molar-refractivity contribution in [3.05, 3.63) is 43.0 Å². The summed E-state index contributed by atoms with van der Waals surface area (Å²) < 4.78 is 10.0. The van der Waals surface area contributed by atoms with Crippen LogP contribution in [-0.4, -0.2) is 30.9 Å². The molecule has 1 rings (SSSR count). The lowest BCUT2D eigenvalue weighted by atomic mass is 9.90. The van der Waals surface area contributed by atoms with Crippen LogP contribution < -0.4 is 0 Å². The van der Waals surface area contributed by atoms with Gasteiger partial charge in [-0.3, -0.25) is 9.59 Å². The van der Waals surface area contributed by atoms with E-state index in [0.717, 1.165) is 10.6 Å². The van der Waals surface area contributed by atoms with Gasteiger partial charge in [0.25, 0.3) is 0 Å². The molecule has 1 aromatic rings. The number of carbonyl (C=O) groups excluding carboxylic acids is 2. The Kier molecular flexibility index (Phi) is 9.14. The van der Waals surface area contributed by atoms with Crippen molar-refractivity contribution in [2.75, 3.05) is 19.0 Å². The van der Waals surface area contributed by atoms with Crippen LogP contribution >= 0.6 is 11.8 Å². The molecule has 23 heavy (non-hydrogen) atoms. The summed E-state index contributed by atoms with van der Waals surface area (Å²) in [5, 5.41) is 0. The van der Waals surface area contributed by atoms with Crippen LogP contribution in [0.1, 0.15) is 20.3 Å². The van der Waals surface area contributed by atoms with E-state index in [9.17, 15) is 9.59 Å². The molecule has 1 atom stereocenters. The summed E-state index contributed by atoms with van der Waals surface area (Å²) in [7, 11) is 0. The molecule has 0 saturated carbocycles. The zero-order valence-electron chi connectivity index (χ0n) is 13.7. The molecule has 1 unspecified atom stereocenters. The highest BCUT2D eigenvalue weighted by Crippen LogP contribution is 2.26. The molecule has 0 aliphatic heterocycles. The average molecular weight is 336 g/mol. The second-order valence-corrected chi connectivity index (χ2v) is 6.00. The quantitative estimate of drug-likeness (QED) is 0.282. The van der Waals surface area contributed by atoms with E-state index in [1.54, 1.807) is 31.7 Å². The van der Waals surface area contributed by atoms with Crippen LogP contribution in [0.25, 0.3) is 0 Å². The second-order valence-electron chi connectivity index (χ2n) is 4.83. The maximum absolute atomic E-state index is 12.1. The van der Waals surface area contributed by atoms with E-state index in [2.05, 4.69) is 6.58 Å². The first-order chi connectivity index (χ1) is 11.1. The van der Waals surface area contributed by atoms with Crippen molar-refractivity contribution in [2.24, 2.45) is 11.8 Å². The lowest BCUT2D eigenvalue weighted by molar-refractivity contribution is -0.163. The molecule has 0 heterocycles. The predicted molar refractivity (Wildman–Crippen MR) is 92.2 cm³/mol. The molecule has 0 saturated heterocycles. The molecule has 0 aliphatic rings. The van der Waals surface area contributed by atoms with Gasteiger partial charge in [0.1, 0.15) is 0 Å². The number of hydrogen-bond acceptors (Lipinski definition) is 5. The average Bonchev–Trinajstić information content (AvgIpc) is 2.55. The van der Waals surface area contributed by atoms with Crippen molar-refractivity contribution in [3.8, 4) is 0 Å². The summed E-state index contributed by atoms with van der Waals surface area (Å²) in [4.78, 5) is 25.4. The summed E-state index contributed by atoms with van der Waals surface area (Å²) in [5.74, 6) is -1.55. The van der Waals surface area contributed by atoms with Gasteiger partial charge in [-0.05, 0) is 38.2 Å². The van der Waals surface area contributed by atoms with E-state index in [0.29, 0.717) is 6.42 Å². The van der Waals surface area contributed by atoms with E-state index in [1.807, 2.05) is 30.3 Å². The van der Waals surface area contributed by atoms with Crippen molar-refractivity contribution >= 4 is 23.7 Å². The van der Waals surface area contributed by atoms with Gasteiger partial charge in [0.05, 0.1) is 13.2 Å². The lowest BCUT2D eigenvalue weighted by Crippen LogP contribution is -2.34. The van der Waals surface area contributed by atoms with E-state index in [-0.39, 0.29) is 19.1 Å². The first kappa shape index (κ1) is 19.3. The highest BCUT2D eigenvalue weighted by atomic mass is 32.2. The number of allylic oxidation sites excluding steroid dienone is 1. The monoisotopic (exact) mass is 336 g/mol. The fourth-order valence-corrected chi connectivity index (χ4v) is 3.14. The number of thioether (sulfide) groups is 1. The maximum Gasteiger partial charge on any atom is 0.320 e. The number of rotatable bonds is 10. The molecular formula is C18H24O4S. The molecule has 0 amide bonds. The Labute approximate surface area is 142 Å². The van der Waals surface area contributed by atoms with Crippen LogP contribution in [0.5, 0.6) is 0 Å². The zero-order chi connectivity index (χ0) is 17.1. The van der Waals surface area contributed by atoms with Crippen molar-refractivity contribution in [2.45, 2.75) is 25.2 Å². The highest BCUT2D eigenvalue weighted by Gasteiger charge is 2.35. The Morgan fingerprint density at radius 1 is 1.13 bits per heavy atom. The highest BCUT2D eigenvalue weighted by molar-refractivity contribution is 7.99. The van der Waals surface area contributed by atoms with Gasteiger partial charge in [-0.25, -0.2) is 0 Å². The molecule has 0 fully saturated rings. The fraction of sp³-hybridized carbons (Fsp3) is 0.444. The first-order valence-electron chi connectivity index (χ1n) is 7.77. The topological polar surface area (TPSA) is 52.6 Å². The maximum atomic E-state index is 12.1. The summed E-state index contributed by atoms with van der Waals surface area (Å²) in [5.41, 5.74) is 0. The predicted octanol–water partition coefficient (Wildman–Crippen LogP) is 3.71. The smallest absolute Gasteiger partial charge is 0.320 e. The Morgan fingerprint density at radius 2 is 1.70 bits per heavy atom. The Bertz CT molecular complexity index is 483. The summed E-state index contributed by atoms with van der Waals surface area (Å²) in [6, 6.07) is 9.98. The number of esters is 2. The molecule has 0 radical (unpaired) electrons. The minimum absolute atomic E-state index is 0.233. The zero-order valence-corrected chi connectivity index (χ0v) is 14.5. The van der Waals surface area contributed by atoms with E-state index in [4.69, 9.17) is 9.47 Å². The van der Waals surface area contributed by atoms with Gasteiger partial charge in [-0.1, -0.05) is 24.3 Å². The standard InChI is InChI=1S/C18H24O4S/c1-4-14(12-13-23-15-10-8-7-9-11-15)16(17(19)21-5-2)18(20)22-6-3/h4,7-11,14,16H,1,5-6,12-13H2,2-3H3. The number of hydrogen-bond donors (Lipinski definition) is 0. The summed E-state index contributed by atoms with van der Waals surface area (Å²) >= 11 is 1.68. The summed E-state index contributed by atoms with van der Waals surface area (Å²) in [6.07, 6.45) is 2.29. The molecule has 0 aromatic heterocycles. The minimum Gasteiger partial charge on any atom is -0.465 e. The third-order valence-corrected chi connectivity index (χ3v) is 4.32. The SMILES string of the molecule is C=CC(CCSc1ccccc1)C(C(=O)OCC)C(=O)OCC.